The normalized spacial score (nSPS) is 22.9. The van der Waals surface area contributed by atoms with E-state index in [2.05, 4.69) is 36.3 Å². The Morgan fingerprint density at radius 2 is 1.83 bits per heavy atom. The zero-order chi connectivity index (χ0) is 25.9. The molecule has 1 aliphatic heterocycles. The molecule has 0 N–H and O–H groups in total. The molecule has 1 aliphatic carbocycles. The van der Waals surface area contributed by atoms with Crippen molar-refractivity contribution in [1.82, 2.24) is 9.99 Å². The van der Waals surface area contributed by atoms with E-state index in [0.717, 1.165) is 53.8 Å². The van der Waals surface area contributed by atoms with Crippen LogP contribution in [0.2, 0.25) is 5.02 Å². The lowest BCUT2D eigenvalue weighted by atomic mass is 9.87. The molecular formula is C27H37ClN4O4. The third-order valence-electron chi connectivity index (χ3n) is 7.11. The fourth-order valence-electron chi connectivity index (χ4n) is 4.55. The second-order valence-electron chi connectivity index (χ2n) is 10.6. The Hall–Kier alpha value is -2.42. The van der Waals surface area contributed by atoms with Crippen LogP contribution < -0.4 is 4.74 Å². The van der Waals surface area contributed by atoms with Crippen molar-refractivity contribution in [1.29, 1.82) is 0 Å². The molecule has 0 bridgehead atoms. The van der Waals surface area contributed by atoms with Gasteiger partial charge in [-0.1, -0.05) is 23.7 Å². The number of rotatable bonds is 8. The molecule has 196 valence electrons. The maximum Gasteiger partial charge on any atom is 0.202 e. The average molecular weight is 517 g/mol. The Labute approximate surface area is 218 Å². The predicted molar refractivity (Wildman–Crippen MR) is 138 cm³/mol. The Morgan fingerprint density at radius 3 is 2.47 bits per heavy atom. The molecule has 36 heavy (non-hydrogen) atoms. The van der Waals surface area contributed by atoms with E-state index in [0.29, 0.717) is 11.6 Å². The van der Waals surface area contributed by atoms with Crippen LogP contribution in [0.4, 0.5) is 0 Å². The van der Waals surface area contributed by atoms with Gasteiger partial charge in [0.1, 0.15) is 18.0 Å². The highest BCUT2D eigenvalue weighted by atomic mass is 35.5. The minimum Gasteiger partial charge on any atom is -0.462 e. The highest BCUT2D eigenvalue weighted by molar-refractivity contribution is 6.30. The molecule has 8 nitrogen and oxygen atoms in total. The molecule has 0 saturated heterocycles. The average Bonchev–Trinajstić information content (AvgIpc) is 3.28. The predicted octanol–water partition coefficient (Wildman–Crippen LogP) is 6.60. The molecule has 1 aromatic heterocycles. The number of hydrogen-bond donors (Lipinski definition) is 0. The molecule has 4 rings (SSSR count). The second-order valence-corrected chi connectivity index (χ2v) is 11.0. The minimum atomic E-state index is -0.374. The van der Waals surface area contributed by atoms with Gasteiger partial charge in [-0.15, -0.1) is 0 Å². The number of nitrogens with zero attached hydrogens (tertiary/aromatic N) is 4. The third kappa shape index (κ3) is 6.10. The monoisotopic (exact) mass is 516 g/mol. The van der Waals surface area contributed by atoms with Crippen LogP contribution >= 0.6 is 11.6 Å². The third-order valence-corrected chi connectivity index (χ3v) is 7.36. The molecule has 2 aliphatic rings. The number of aryl methyl sites for hydroxylation is 1. The van der Waals surface area contributed by atoms with Crippen LogP contribution in [0.15, 0.2) is 41.0 Å². The number of fused-ring (bicyclic) bond motifs is 1. The van der Waals surface area contributed by atoms with E-state index >= 15 is 0 Å². The number of halogens is 1. The van der Waals surface area contributed by atoms with Crippen LogP contribution in [0.1, 0.15) is 74.9 Å². The van der Waals surface area contributed by atoms with Gasteiger partial charge in [-0.3, -0.25) is 9.99 Å². The first-order chi connectivity index (χ1) is 17.2. The van der Waals surface area contributed by atoms with Crippen LogP contribution in [-0.4, -0.2) is 42.1 Å². The van der Waals surface area contributed by atoms with Gasteiger partial charge in [0, 0.05) is 47.7 Å². The molecule has 2 heterocycles. The zero-order valence-corrected chi connectivity index (χ0v) is 22.8. The molecule has 2 aromatic rings. The van der Waals surface area contributed by atoms with Crippen molar-refractivity contribution in [2.45, 2.75) is 84.0 Å². The van der Waals surface area contributed by atoms with Gasteiger partial charge >= 0.3 is 0 Å². The van der Waals surface area contributed by atoms with Gasteiger partial charge in [0.05, 0.1) is 17.8 Å². The van der Waals surface area contributed by atoms with E-state index in [1.165, 1.54) is 0 Å². The van der Waals surface area contributed by atoms with E-state index in [1.807, 2.05) is 44.4 Å². The summed E-state index contributed by atoms with van der Waals surface area (Å²) in [6, 6.07) is 7.73. The van der Waals surface area contributed by atoms with Crippen molar-refractivity contribution < 1.29 is 19.0 Å². The number of aromatic nitrogens is 1. The highest BCUT2D eigenvalue weighted by Crippen LogP contribution is 2.42. The minimum absolute atomic E-state index is 0.0498. The molecular weight excluding hydrogens is 480 g/mol. The molecule has 0 radical (unpaired) electrons. The molecule has 2 unspecified atom stereocenters. The van der Waals surface area contributed by atoms with Crippen LogP contribution in [-0.2, 0) is 20.9 Å². The zero-order valence-electron chi connectivity index (χ0n) is 22.0. The highest BCUT2D eigenvalue weighted by Gasteiger charge is 2.34. The summed E-state index contributed by atoms with van der Waals surface area (Å²) in [4.78, 5) is 10.3. The molecule has 9 heteroatoms. The van der Waals surface area contributed by atoms with Gasteiger partial charge < -0.3 is 19.0 Å². The molecule has 1 saturated carbocycles. The second kappa shape index (κ2) is 11.3. The summed E-state index contributed by atoms with van der Waals surface area (Å²) in [5.41, 5.74) is 3.83. The Kier molecular flexibility index (Phi) is 8.37. The lowest BCUT2D eigenvalue weighted by Gasteiger charge is -2.32. The van der Waals surface area contributed by atoms with E-state index in [4.69, 9.17) is 30.6 Å². The van der Waals surface area contributed by atoms with Crippen molar-refractivity contribution in [3.8, 4) is 5.75 Å². The molecule has 0 amide bonds. The SMILES string of the molecule is COC(Oc1c(C)ncc2c1COC2c1ccc(Cl)cc1)C1CCC(ON=NN(C)C(C)(C)C)CC1. The Bertz CT molecular complexity index is 1050. The maximum atomic E-state index is 6.49. The van der Waals surface area contributed by atoms with Crippen molar-refractivity contribution >= 4 is 11.6 Å². The number of pyridine rings is 1. The van der Waals surface area contributed by atoms with E-state index in [-0.39, 0.29) is 30.0 Å². The summed E-state index contributed by atoms with van der Waals surface area (Å²) in [7, 11) is 3.59. The summed E-state index contributed by atoms with van der Waals surface area (Å²) >= 11 is 6.07. The van der Waals surface area contributed by atoms with E-state index in [1.54, 1.807) is 12.1 Å². The molecule has 1 aromatic carbocycles. The van der Waals surface area contributed by atoms with Crippen molar-refractivity contribution in [3.63, 3.8) is 0 Å². The standard InChI is InChI=1S/C27H37ClN4O4/c1-17-24(23-16-34-25(22(23)15-29-17)18-7-11-20(28)12-8-18)35-26(33-6)19-9-13-21(14-10-19)36-31-30-32(5)27(2,3)4/h7-8,11-12,15,19,21,25-26H,9-10,13-14,16H2,1-6H3. The topological polar surface area (TPSA) is 77.8 Å². The van der Waals surface area contributed by atoms with Crippen LogP contribution in [0.3, 0.4) is 0 Å². The van der Waals surface area contributed by atoms with Gasteiger partial charge in [0.15, 0.2) is 0 Å². The number of benzene rings is 1. The summed E-state index contributed by atoms with van der Waals surface area (Å²) < 4.78 is 18.5. The number of hydrogen-bond acceptors (Lipinski definition) is 7. The van der Waals surface area contributed by atoms with Gasteiger partial charge in [-0.25, -0.2) is 0 Å². The van der Waals surface area contributed by atoms with Gasteiger partial charge in [-0.2, -0.15) is 0 Å². The van der Waals surface area contributed by atoms with Gasteiger partial charge in [0.2, 0.25) is 6.29 Å². The van der Waals surface area contributed by atoms with Gasteiger partial charge in [-0.05, 0) is 76.3 Å². The quantitative estimate of drug-likeness (QED) is 0.223. The number of methoxy groups -OCH3 is 1. The largest absolute Gasteiger partial charge is 0.462 e. The Morgan fingerprint density at radius 1 is 1.14 bits per heavy atom. The lowest BCUT2D eigenvalue weighted by Crippen LogP contribution is -2.34. The fourth-order valence-corrected chi connectivity index (χ4v) is 4.68. The van der Waals surface area contributed by atoms with E-state index in [9.17, 15) is 0 Å². The maximum absolute atomic E-state index is 6.49. The first-order valence-electron chi connectivity index (χ1n) is 12.5. The van der Waals surface area contributed by atoms with Crippen molar-refractivity contribution in [2.24, 2.45) is 16.4 Å². The fraction of sp³-hybridized carbons (Fsp3) is 0.593. The summed E-state index contributed by atoms with van der Waals surface area (Å²) in [5, 5.41) is 10.6. The first kappa shape index (κ1) is 26.6. The summed E-state index contributed by atoms with van der Waals surface area (Å²) in [6.07, 6.45) is 4.96. The number of ether oxygens (including phenoxy) is 3. The van der Waals surface area contributed by atoms with Gasteiger partial charge in [0.25, 0.3) is 0 Å². The Balaban J connectivity index is 1.39. The summed E-state index contributed by atoms with van der Waals surface area (Å²) in [6.45, 7) is 8.65. The molecule has 1 fully saturated rings. The van der Waals surface area contributed by atoms with Crippen LogP contribution in [0, 0.1) is 12.8 Å². The lowest BCUT2D eigenvalue weighted by molar-refractivity contribution is -0.114. The smallest absolute Gasteiger partial charge is 0.202 e. The first-order valence-corrected chi connectivity index (χ1v) is 12.9. The van der Waals surface area contributed by atoms with E-state index < -0.39 is 0 Å². The molecule has 0 spiro atoms. The summed E-state index contributed by atoms with van der Waals surface area (Å²) in [5.74, 6) is 1.00. The van der Waals surface area contributed by atoms with Crippen molar-refractivity contribution in [2.75, 3.05) is 14.2 Å². The van der Waals surface area contributed by atoms with Crippen molar-refractivity contribution in [3.05, 3.63) is 57.9 Å². The van der Waals surface area contributed by atoms with Crippen LogP contribution in [0.5, 0.6) is 5.75 Å². The van der Waals surface area contributed by atoms with Crippen LogP contribution in [0.25, 0.3) is 0 Å². The molecule has 2 atom stereocenters.